The summed E-state index contributed by atoms with van der Waals surface area (Å²) in [6.45, 7) is 9.52. The predicted octanol–water partition coefficient (Wildman–Crippen LogP) is 5.52. The van der Waals surface area contributed by atoms with Crippen LogP contribution in [0.2, 0.25) is 0 Å². The van der Waals surface area contributed by atoms with Crippen LogP contribution >= 0.6 is 0 Å². The van der Waals surface area contributed by atoms with Gasteiger partial charge in [-0.3, -0.25) is 0 Å². The molecule has 2 fully saturated rings. The number of benzene rings is 1. The van der Waals surface area contributed by atoms with Gasteiger partial charge < -0.3 is 29.0 Å². The van der Waals surface area contributed by atoms with Crippen molar-refractivity contribution < 1.29 is 28.8 Å². The van der Waals surface area contributed by atoms with Gasteiger partial charge in [0, 0.05) is 32.0 Å². The van der Waals surface area contributed by atoms with E-state index in [-0.39, 0.29) is 18.8 Å². The molecule has 13 heteroatoms. The molecule has 1 unspecified atom stereocenters. The van der Waals surface area contributed by atoms with E-state index >= 15 is 0 Å². The molecule has 4 aromatic rings. The van der Waals surface area contributed by atoms with Crippen LogP contribution in [0.4, 0.5) is 4.79 Å². The second-order valence-electron chi connectivity index (χ2n) is 13.9. The Morgan fingerprint density at radius 3 is 2.56 bits per heavy atom. The minimum Gasteiger partial charge on any atom is -0.477 e. The summed E-state index contributed by atoms with van der Waals surface area (Å²) < 4.78 is 30.0. The minimum atomic E-state index is -0.862. The minimum absolute atomic E-state index is 0.131. The number of nitrogens with zero attached hydrogens (tertiary/aromatic N) is 7. The van der Waals surface area contributed by atoms with Crippen molar-refractivity contribution in [1.29, 1.82) is 0 Å². The largest absolute Gasteiger partial charge is 0.477 e. The molecule has 3 aromatic heterocycles. The number of aliphatic hydroxyl groups excluding tert-OH is 1. The molecule has 0 spiro atoms. The number of piperidine rings is 1. The number of carbonyl (C=O) groups excluding carboxylic acids is 1. The lowest BCUT2D eigenvalue weighted by Crippen LogP contribution is -2.48. The van der Waals surface area contributed by atoms with Gasteiger partial charge in [0.05, 0.1) is 66.1 Å². The van der Waals surface area contributed by atoms with Crippen LogP contribution in [-0.4, -0.2) is 90.1 Å². The zero-order valence-electron chi connectivity index (χ0n) is 28.4. The number of amides is 1. The van der Waals surface area contributed by atoms with Gasteiger partial charge in [0.1, 0.15) is 5.60 Å². The summed E-state index contributed by atoms with van der Waals surface area (Å²) in [5.41, 5.74) is 4.65. The van der Waals surface area contributed by atoms with Crippen molar-refractivity contribution >= 4 is 29.1 Å². The molecule has 1 aromatic carbocycles. The Hall–Kier alpha value is -4.36. The summed E-state index contributed by atoms with van der Waals surface area (Å²) in [4.78, 5) is 14.3. The standard InChI is InChI=1S/C35H45N7O6/c1-22-24-11-12-27-25-19-23(10-13-28(25)41(38-27)31-9-6-7-16-45-31)26-20-36-39(5)32(26)46-17-8-18-47-33(24)42(37-22)29-14-15-40(21-30(29)43)34(44)48-35(2,3)4/h10-13,19-20,29-31,43H,6-9,14-18,21H2,1-5H3/b12-11+/t29-,30-,31?/m0/s1. The summed E-state index contributed by atoms with van der Waals surface area (Å²) in [7, 11) is 1.88. The summed E-state index contributed by atoms with van der Waals surface area (Å²) in [5, 5.41) is 26.8. The third-order valence-corrected chi connectivity index (χ3v) is 9.13. The fraction of sp³-hybridized carbons (Fsp3) is 0.543. The second-order valence-corrected chi connectivity index (χ2v) is 13.9. The molecule has 7 rings (SSSR count). The van der Waals surface area contributed by atoms with Crippen molar-refractivity contribution in [1.82, 2.24) is 34.2 Å². The molecule has 13 nitrogen and oxygen atoms in total. The molecule has 0 saturated carbocycles. The maximum Gasteiger partial charge on any atom is 0.410 e. The van der Waals surface area contributed by atoms with E-state index in [0.29, 0.717) is 51.0 Å². The topological polar surface area (TPSA) is 131 Å². The number of β-amino-alcohol motifs (C(OH)–C–C–N with tert-alkyl or cyclic N) is 1. The first-order valence-electron chi connectivity index (χ1n) is 16.9. The van der Waals surface area contributed by atoms with E-state index in [4.69, 9.17) is 29.1 Å². The Balaban J connectivity index is 1.27. The maximum atomic E-state index is 12.8. The first-order valence-corrected chi connectivity index (χ1v) is 16.9. The Morgan fingerprint density at radius 2 is 1.81 bits per heavy atom. The summed E-state index contributed by atoms with van der Waals surface area (Å²) in [6, 6.07) is 5.95. The number of aryl methyl sites for hydroxylation is 2. The fourth-order valence-corrected chi connectivity index (χ4v) is 6.74. The third-order valence-electron chi connectivity index (χ3n) is 9.13. The lowest BCUT2D eigenvalue weighted by molar-refractivity contribution is -0.0367. The fourth-order valence-electron chi connectivity index (χ4n) is 6.74. The van der Waals surface area contributed by atoms with E-state index in [1.165, 1.54) is 0 Å². The zero-order chi connectivity index (χ0) is 33.6. The van der Waals surface area contributed by atoms with Gasteiger partial charge in [0.2, 0.25) is 11.8 Å². The van der Waals surface area contributed by atoms with Crippen molar-refractivity contribution in [3.05, 3.63) is 41.3 Å². The van der Waals surface area contributed by atoms with Crippen LogP contribution < -0.4 is 9.47 Å². The smallest absolute Gasteiger partial charge is 0.410 e. The van der Waals surface area contributed by atoms with Crippen molar-refractivity contribution in [3.63, 3.8) is 0 Å². The average molecular weight is 660 g/mol. The van der Waals surface area contributed by atoms with E-state index in [1.54, 1.807) is 14.3 Å². The van der Waals surface area contributed by atoms with Crippen LogP contribution in [0, 0.1) is 6.92 Å². The highest BCUT2D eigenvalue weighted by atomic mass is 16.6. The molecule has 2 saturated heterocycles. The van der Waals surface area contributed by atoms with Gasteiger partial charge >= 0.3 is 6.09 Å². The molecular formula is C35H45N7O6. The van der Waals surface area contributed by atoms with Gasteiger partial charge in [0.15, 0.2) is 6.23 Å². The average Bonchev–Trinajstić information content (AvgIpc) is 3.71. The van der Waals surface area contributed by atoms with Gasteiger partial charge in [-0.15, -0.1) is 0 Å². The van der Waals surface area contributed by atoms with Gasteiger partial charge in [-0.05, 0) is 83.2 Å². The number of rotatable bonds is 2. The van der Waals surface area contributed by atoms with Crippen LogP contribution in [0.5, 0.6) is 11.8 Å². The number of ether oxygens (including phenoxy) is 4. The highest BCUT2D eigenvalue weighted by molar-refractivity contribution is 5.93. The number of likely N-dealkylation sites (tertiary alicyclic amines) is 1. The quantitative estimate of drug-likeness (QED) is 0.296. The molecule has 48 heavy (non-hydrogen) atoms. The van der Waals surface area contributed by atoms with Crippen LogP contribution in [0.1, 0.15) is 82.1 Å². The molecule has 3 aliphatic rings. The van der Waals surface area contributed by atoms with Gasteiger partial charge in [-0.2, -0.15) is 15.3 Å². The third kappa shape index (κ3) is 6.28. The monoisotopic (exact) mass is 659 g/mol. The van der Waals surface area contributed by atoms with Crippen molar-refractivity contribution in [2.75, 3.05) is 32.9 Å². The summed E-state index contributed by atoms with van der Waals surface area (Å²) >= 11 is 0. The van der Waals surface area contributed by atoms with Crippen molar-refractivity contribution in [3.8, 4) is 22.9 Å². The molecule has 6 heterocycles. The number of aromatic nitrogens is 6. The molecule has 1 amide bonds. The van der Waals surface area contributed by atoms with Gasteiger partial charge in [-0.25, -0.2) is 18.8 Å². The van der Waals surface area contributed by atoms with Gasteiger partial charge in [0.25, 0.3) is 0 Å². The van der Waals surface area contributed by atoms with E-state index in [0.717, 1.165) is 58.2 Å². The first kappa shape index (κ1) is 32.2. The van der Waals surface area contributed by atoms with Crippen LogP contribution in [0.15, 0.2) is 24.4 Å². The van der Waals surface area contributed by atoms with E-state index < -0.39 is 17.8 Å². The molecule has 0 aliphatic carbocycles. The number of hydrogen-bond donors (Lipinski definition) is 1. The van der Waals surface area contributed by atoms with Crippen molar-refractivity contribution in [2.45, 2.75) is 83.8 Å². The van der Waals surface area contributed by atoms with E-state index in [2.05, 4.69) is 23.3 Å². The van der Waals surface area contributed by atoms with Crippen LogP contribution in [0.3, 0.4) is 0 Å². The number of hydrogen-bond acceptors (Lipinski definition) is 9. The number of fused-ring (bicyclic) bond motifs is 4. The van der Waals surface area contributed by atoms with Crippen molar-refractivity contribution in [2.24, 2.45) is 7.05 Å². The predicted molar refractivity (Wildman–Crippen MR) is 180 cm³/mol. The lowest BCUT2D eigenvalue weighted by atomic mass is 10.0. The van der Waals surface area contributed by atoms with Crippen LogP contribution in [-0.2, 0) is 16.5 Å². The zero-order valence-corrected chi connectivity index (χ0v) is 28.4. The van der Waals surface area contributed by atoms with E-state index in [9.17, 15) is 9.90 Å². The highest BCUT2D eigenvalue weighted by Gasteiger charge is 2.36. The summed E-state index contributed by atoms with van der Waals surface area (Å²) in [6.07, 6.45) is 8.58. The molecule has 0 radical (unpaired) electrons. The van der Waals surface area contributed by atoms with Crippen LogP contribution in [0.25, 0.3) is 34.2 Å². The molecular weight excluding hydrogens is 614 g/mol. The molecule has 3 atom stereocenters. The Labute approximate surface area is 280 Å². The summed E-state index contributed by atoms with van der Waals surface area (Å²) in [5.74, 6) is 1.25. The maximum absolute atomic E-state index is 12.8. The van der Waals surface area contributed by atoms with Gasteiger partial charge in [-0.1, -0.05) is 6.07 Å². The second kappa shape index (κ2) is 12.9. The first-order chi connectivity index (χ1) is 23.1. The Kier molecular flexibility index (Phi) is 8.67. The SMILES string of the molecule is Cc1nn([C@H]2CCN(C(=O)OC(C)(C)C)C[C@@H]2O)c2c1/C=C/c1nn(C3CCCCO3)c3ccc(cc13)-c1cnn(C)c1OCCCO2. The Morgan fingerprint density at radius 1 is 1.00 bits per heavy atom. The molecule has 2 bridgehead atoms. The highest BCUT2D eigenvalue weighted by Crippen LogP contribution is 2.37. The molecule has 256 valence electrons. The molecule has 1 N–H and O–H groups in total. The number of aliphatic hydroxyl groups is 1. The lowest BCUT2D eigenvalue weighted by Gasteiger charge is -2.37. The normalized spacial score (nSPS) is 22.6. The Bertz CT molecular complexity index is 1830. The number of carbonyl (C=O) groups is 1. The van der Waals surface area contributed by atoms with E-state index in [1.807, 2.05) is 57.8 Å². The molecule has 3 aliphatic heterocycles.